The Balaban J connectivity index is 1.39. The summed E-state index contributed by atoms with van der Waals surface area (Å²) in [5.74, 6) is 0.840. The van der Waals surface area contributed by atoms with Crippen molar-refractivity contribution in [2.45, 2.75) is 25.7 Å². The molecular weight excluding hydrogens is 310 g/mol. The van der Waals surface area contributed by atoms with E-state index in [9.17, 15) is 5.11 Å². The molecule has 23 heavy (non-hydrogen) atoms. The molecule has 0 amide bonds. The summed E-state index contributed by atoms with van der Waals surface area (Å²) in [6.45, 7) is 3.49. The van der Waals surface area contributed by atoms with Crippen molar-refractivity contribution in [1.29, 1.82) is 0 Å². The van der Waals surface area contributed by atoms with Gasteiger partial charge in [-0.25, -0.2) is 0 Å². The molecule has 0 saturated carbocycles. The fraction of sp³-hybridized carbons (Fsp3) is 0.444. The maximum absolute atomic E-state index is 10.2. The van der Waals surface area contributed by atoms with Crippen LogP contribution in [0.5, 0.6) is 5.75 Å². The highest BCUT2D eigenvalue weighted by Crippen LogP contribution is 2.24. The molecule has 0 bridgehead atoms. The molecule has 2 heterocycles. The number of nitrogens with zero attached hydrogens (tertiary/aromatic N) is 1. The normalized spacial score (nSPS) is 16.1. The van der Waals surface area contributed by atoms with Crippen molar-refractivity contribution in [3.63, 3.8) is 0 Å². The third-order valence-electron chi connectivity index (χ3n) is 4.09. The van der Waals surface area contributed by atoms with Crippen LogP contribution in [0.1, 0.15) is 16.0 Å². The number of fused-ring (bicyclic) bond motifs is 1. The van der Waals surface area contributed by atoms with Crippen molar-refractivity contribution in [2.24, 2.45) is 0 Å². The maximum atomic E-state index is 10.2. The van der Waals surface area contributed by atoms with E-state index >= 15 is 0 Å². The molecule has 0 radical (unpaired) electrons. The second-order valence-corrected chi connectivity index (χ2v) is 6.87. The average Bonchev–Trinajstić information content (AvgIpc) is 3.03. The van der Waals surface area contributed by atoms with E-state index in [1.54, 1.807) is 7.11 Å². The summed E-state index contributed by atoms with van der Waals surface area (Å²) >= 11 is 1.84. The van der Waals surface area contributed by atoms with Gasteiger partial charge in [-0.15, -0.1) is 11.3 Å². The van der Waals surface area contributed by atoms with Gasteiger partial charge < -0.3 is 14.6 Å². The van der Waals surface area contributed by atoms with Gasteiger partial charge in [-0.1, -0.05) is 12.1 Å². The van der Waals surface area contributed by atoms with Crippen LogP contribution in [0.15, 0.2) is 35.7 Å². The van der Waals surface area contributed by atoms with Crippen LogP contribution in [0.2, 0.25) is 0 Å². The molecule has 1 N–H and O–H groups in total. The van der Waals surface area contributed by atoms with Crippen LogP contribution >= 0.6 is 11.3 Å². The zero-order valence-corrected chi connectivity index (χ0v) is 14.2. The number of rotatable bonds is 7. The molecule has 1 atom stereocenters. The topological polar surface area (TPSA) is 41.9 Å². The van der Waals surface area contributed by atoms with E-state index in [1.807, 2.05) is 35.6 Å². The summed E-state index contributed by atoms with van der Waals surface area (Å²) in [5, 5.41) is 12.3. The number of aliphatic hydroxyl groups excluding tert-OH is 1. The molecule has 0 saturated heterocycles. The van der Waals surface area contributed by atoms with Gasteiger partial charge >= 0.3 is 0 Å². The monoisotopic (exact) mass is 333 g/mol. The van der Waals surface area contributed by atoms with Gasteiger partial charge in [-0.3, -0.25) is 4.90 Å². The van der Waals surface area contributed by atoms with Crippen molar-refractivity contribution in [3.8, 4) is 5.75 Å². The second kappa shape index (κ2) is 7.93. The predicted octanol–water partition coefficient (Wildman–Crippen LogP) is 2.69. The lowest BCUT2D eigenvalue weighted by atomic mass is 10.1. The van der Waals surface area contributed by atoms with Gasteiger partial charge in [0.25, 0.3) is 0 Å². The number of ether oxygens (including phenoxy) is 2. The van der Waals surface area contributed by atoms with Gasteiger partial charge in [-0.05, 0) is 41.1 Å². The van der Waals surface area contributed by atoms with E-state index in [-0.39, 0.29) is 0 Å². The van der Waals surface area contributed by atoms with Crippen molar-refractivity contribution in [2.75, 3.05) is 26.8 Å². The molecule has 4 nitrogen and oxygen atoms in total. The first kappa shape index (κ1) is 16.5. The lowest BCUT2D eigenvalue weighted by molar-refractivity contribution is 0.00784. The second-order valence-electron chi connectivity index (χ2n) is 5.87. The SMILES string of the molecule is COc1ccc(COCC(O)CN2CCc3sccc3C2)cc1. The number of thiophene rings is 1. The minimum atomic E-state index is -0.451. The molecule has 124 valence electrons. The van der Waals surface area contributed by atoms with Crippen LogP contribution in [0.3, 0.4) is 0 Å². The first-order valence-corrected chi connectivity index (χ1v) is 8.79. The van der Waals surface area contributed by atoms with Crippen LogP contribution in [0.25, 0.3) is 0 Å². The van der Waals surface area contributed by atoms with Crippen molar-refractivity contribution < 1.29 is 14.6 Å². The molecular formula is C18H23NO3S. The summed E-state index contributed by atoms with van der Waals surface area (Å²) in [7, 11) is 1.65. The van der Waals surface area contributed by atoms with Crippen LogP contribution in [0, 0.1) is 0 Å². The van der Waals surface area contributed by atoms with Crippen LogP contribution < -0.4 is 4.74 Å². The number of β-amino-alcohol motifs (C(OH)–C–C–N with tert-alkyl or cyclic N) is 1. The fourth-order valence-electron chi connectivity index (χ4n) is 2.85. The summed E-state index contributed by atoms with van der Waals surface area (Å²) in [5.41, 5.74) is 2.49. The molecule has 1 aliphatic rings. The Kier molecular flexibility index (Phi) is 5.67. The summed E-state index contributed by atoms with van der Waals surface area (Å²) in [6, 6.07) is 9.99. The third kappa shape index (κ3) is 4.54. The molecule has 3 rings (SSSR count). The quantitative estimate of drug-likeness (QED) is 0.846. The van der Waals surface area contributed by atoms with Gasteiger partial charge in [0.15, 0.2) is 0 Å². The van der Waals surface area contributed by atoms with E-state index in [1.165, 1.54) is 10.4 Å². The maximum Gasteiger partial charge on any atom is 0.118 e. The molecule has 5 heteroatoms. The van der Waals surface area contributed by atoms with Gasteiger partial charge in [-0.2, -0.15) is 0 Å². The number of aliphatic hydroxyl groups is 1. The molecule has 1 aromatic carbocycles. The number of hydrogen-bond acceptors (Lipinski definition) is 5. The Morgan fingerprint density at radius 3 is 2.87 bits per heavy atom. The van der Waals surface area contributed by atoms with E-state index in [0.29, 0.717) is 19.8 Å². The van der Waals surface area contributed by atoms with E-state index in [0.717, 1.165) is 30.8 Å². The highest BCUT2D eigenvalue weighted by atomic mass is 32.1. The zero-order chi connectivity index (χ0) is 16.1. The molecule has 0 fully saturated rings. The van der Waals surface area contributed by atoms with Crippen molar-refractivity contribution in [3.05, 3.63) is 51.7 Å². The molecule has 2 aromatic rings. The summed E-state index contributed by atoms with van der Waals surface area (Å²) in [6.07, 6.45) is 0.639. The van der Waals surface area contributed by atoms with Crippen LogP contribution in [-0.4, -0.2) is 42.9 Å². The van der Waals surface area contributed by atoms with E-state index < -0.39 is 6.10 Å². The lowest BCUT2D eigenvalue weighted by Gasteiger charge is -2.28. The van der Waals surface area contributed by atoms with Gasteiger partial charge in [0.2, 0.25) is 0 Å². The summed E-state index contributed by atoms with van der Waals surface area (Å²) in [4.78, 5) is 3.79. The average molecular weight is 333 g/mol. The number of benzene rings is 1. The van der Waals surface area contributed by atoms with Gasteiger partial charge in [0.05, 0.1) is 26.4 Å². The Bertz CT molecular complexity index is 611. The highest BCUT2D eigenvalue weighted by molar-refractivity contribution is 7.10. The number of hydrogen-bond donors (Lipinski definition) is 1. The molecule has 1 unspecified atom stereocenters. The first-order chi connectivity index (χ1) is 11.2. The first-order valence-electron chi connectivity index (χ1n) is 7.91. The smallest absolute Gasteiger partial charge is 0.118 e. The Labute approximate surface area is 141 Å². The standard InChI is InChI=1S/C18H23NO3S/c1-21-17-4-2-14(3-5-17)12-22-13-16(20)11-19-8-6-18-15(10-19)7-9-23-18/h2-5,7,9,16,20H,6,8,10-13H2,1H3. The predicted molar refractivity (Wildman–Crippen MR) is 92.0 cm³/mol. The minimum absolute atomic E-state index is 0.360. The minimum Gasteiger partial charge on any atom is -0.497 e. The van der Waals surface area contributed by atoms with E-state index in [2.05, 4.69) is 16.3 Å². The fourth-order valence-corrected chi connectivity index (χ4v) is 3.74. The third-order valence-corrected chi connectivity index (χ3v) is 5.12. The molecule has 0 spiro atoms. The van der Waals surface area contributed by atoms with Gasteiger partial charge in [0, 0.05) is 24.5 Å². The molecule has 1 aliphatic heterocycles. The Morgan fingerprint density at radius 1 is 1.26 bits per heavy atom. The van der Waals surface area contributed by atoms with Gasteiger partial charge in [0.1, 0.15) is 5.75 Å². The zero-order valence-electron chi connectivity index (χ0n) is 13.4. The Hall–Kier alpha value is -1.40. The molecule has 1 aromatic heterocycles. The van der Waals surface area contributed by atoms with Crippen molar-refractivity contribution in [1.82, 2.24) is 4.90 Å². The van der Waals surface area contributed by atoms with E-state index in [4.69, 9.17) is 9.47 Å². The number of methoxy groups -OCH3 is 1. The van der Waals surface area contributed by atoms with Crippen molar-refractivity contribution >= 4 is 11.3 Å². The summed E-state index contributed by atoms with van der Waals surface area (Å²) < 4.78 is 10.8. The van der Waals surface area contributed by atoms with Crippen LogP contribution in [0.4, 0.5) is 0 Å². The molecule has 0 aliphatic carbocycles. The lowest BCUT2D eigenvalue weighted by Crippen LogP contribution is -2.37. The largest absolute Gasteiger partial charge is 0.497 e. The Morgan fingerprint density at radius 2 is 2.09 bits per heavy atom. The highest BCUT2D eigenvalue weighted by Gasteiger charge is 2.19. The van der Waals surface area contributed by atoms with Crippen LogP contribution in [-0.2, 0) is 24.3 Å².